The molecule has 6 aromatic rings. The van der Waals surface area contributed by atoms with E-state index in [0.717, 1.165) is 50.5 Å². The van der Waals surface area contributed by atoms with E-state index in [1.165, 1.54) is 27.8 Å². The third-order valence-corrected chi connectivity index (χ3v) is 7.13. The molecule has 0 amide bonds. The van der Waals surface area contributed by atoms with Crippen molar-refractivity contribution in [3.05, 3.63) is 113 Å². The number of rotatable bonds is 2. The normalized spacial score (nSPS) is 10.7. The maximum absolute atomic E-state index is 4.70. The molecule has 0 spiro atoms. The van der Waals surface area contributed by atoms with E-state index in [2.05, 4.69) is 99.0 Å². The Hall–Kier alpha value is -3.73. The molecule has 0 unspecified atom stereocenters. The van der Waals surface area contributed by atoms with E-state index in [1.54, 1.807) is 0 Å². The van der Waals surface area contributed by atoms with Gasteiger partial charge in [0.1, 0.15) is 5.65 Å². The number of hydrogen-bond donors (Lipinski definition) is 0. The Balaban J connectivity index is 0.000000192. The topological polar surface area (TPSA) is 56.0 Å². The molecular formula is C33H31IrN5-2. The Morgan fingerprint density at radius 1 is 0.667 bits per heavy atom. The molecule has 2 aromatic carbocycles. The fourth-order valence-corrected chi connectivity index (χ4v) is 4.20. The van der Waals surface area contributed by atoms with E-state index in [1.807, 2.05) is 42.2 Å². The maximum Gasteiger partial charge on any atom is 0.129 e. The summed E-state index contributed by atoms with van der Waals surface area (Å²) in [7, 11) is 0. The van der Waals surface area contributed by atoms with Gasteiger partial charge in [0.25, 0.3) is 0 Å². The zero-order chi connectivity index (χ0) is 27.0. The number of nitrogens with zero attached hydrogens (tertiary/aromatic N) is 5. The summed E-state index contributed by atoms with van der Waals surface area (Å²) >= 11 is 0. The first kappa shape index (κ1) is 28.3. The van der Waals surface area contributed by atoms with Crippen LogP contribution in [0.25, 0.3) is 39.1 Å². The first-order valence-electron chi connectivity index (χ1n) is 12.7. The summed E-state index contributed by atoms with van der Waals surface area (Å²) in [5, 5.41) is 1.03. The largest absolute Gasteiger partial charge is 0.304 e. The van der Waals surface area contributed by atoms with Gasteiger partial charge in [-0.15, -0.1) is 59.2 Å². The number of hydrogen-bond acceptors (Lipinski definition) is 4. The van der Waals surface area contributed by atoms with Gasteiger partial charge in [0.15, 0.2) is 0 Å². The number of aryl methyl sites for hydroxylation is 7. The molecule has 0 aliphatic rings. The van der Waals surface area contributed by atoms with E-state index in [-0.39, 0.29) is 20.1 Å². The van der Waals surface area contributed by atoms with E-state index < -0.39 is 0 Å². The Morgan fingerprint density at radius 2 is 1.28 bits per heavy atom. The quantitative estimate of drug-likeness (QED) is 0.177. The summed E-state index contributed by atoms with van der Waals surface area (Å²) in [4.78, 5) is 18.2. The number of benzene rings is 2. The molecule has 0 bridgehead atoms. The van der Waals surface area contributed by atoms with Crippen molar-refractivity contribution in [2.24, 2.45) is 0 Å². The van der Waals surface area contributed by atoms with Crippen LogP contribution in [0.5, 0.6) is 0 Å². The summed E-state index contributed by atoms with van der Waals surface area (Å²) in [6.45, 7) is 14.5. The average molecular weight is 690 g/mol. The van der Waals surface area contributed by atoms with Crippen molar-refractivity contribution in [3.63, 3.8) is 0 Å². The molecule has 0 atom stereocenters. The Bertz CT molecular complexity index is 1790. The van der Waals surface area contributed by atoms with Crippen molar-refractivity contribution in [1.29, 1.82) is 0 Å². The van der Waals surface area contributed by atoms with Crippen LogP contribution < -0.4 is 0 Å². The van der Waals surface area contributed by atoms with Gasteiger partial charge in [0, 0.05) is 38.2 Å². The number of pyridine rings is 2. The van der Waals surface area contributed by atoms with Gasteiger partial charge in [-0.1, -0.05) is 30.2 Å². The monoisotopic (exact) mass is 690 g/mol. The fourth-order valence-electron chi connectivity index (χ4n) is 4.20. The van der Waals surface area contributed by atoms with Crippen LogP contribution in [0.15, 0.2) is 61.2 Å². The smallest absolute Gasteiger partial charge is 0.129 e. The molecule has 39 heavy (non-hydrogen) atoms. The van der Waals surface area contributed by atoms with E-state index >= 15 is 0 Å². The molecule has 6 heteroatoms. The third-order valence-electron chi connectivity index (χ3n) is 7.13. The Morgan fingerprint density at radius 3 is 1.87 bits per heavy atom. The van der Waals surface area contributed by atoms with Crippen LogP contribution in [0.3, 0.4) is 0 Å². The standard InChI is InChI=1S/C19H17N4.C14H14N.Ir/c1-11-7-18(20-9-12(11)2)15-5-6-17-16(8-15)19-22-13(3)14(4)23(19)10-21-17;1-10-4-6-13(7-5-10)14-8-11(2)12(3)9-15-14;/h6-10H,1-4H3;4-6,8-9H,1-3H3;/q2*-1;. The second kappa shape index (κ2) is 11.6. The summed E-state index contributed by atoms with van der Waals surface area (Å²) in [6, 6.07) is 20.9. The van der Waals surface area contributed by atoms with Gasteiger partial charge >= 0.3 is 0 Å². The van der Waals surface area contributed by atoms with Crippen molar-refractivity contribution < 1.29 is 20.1 Å². The van der Waals surface area contributed by atoms with Crippen molar-refractivity contribution in [2.45, 2.75) is 48.5 Å². The van der Waals surface area contributed by atoms with Crippen molar-refractivity contribution in [1.82, 2.24) is 24.3 Å². The second-order valence-electron chi connectivity index (χ2n) is 9.95. The average Bonchev–Trinajstić information content (AvgIpc) is 3.21. The first-order chi connectivity index (χ1) is 18.2. The minimum absolute atomic E-state index is 0. The van der Waals surface area contributed by atoms with Crippen LogP contribution in [0.1, 0.15) is 39.2 Å². The van der Waals surface area contributed by atoms with Crippen LogP contribution in [-0.2, 0) is 20.1 Å². The predicted octanol–water partition coefficient (Wildman–Crippen LogP) is 7.45. The molecule has 5 nitrogen and oxygen atoms in total. The van der Waals surface area contributed by atoms with Crippen LogP contribution in [0.4, 0.5) is 0 Å². The van der Waals surface area contributed by atoms with Gasteiger partial charge in [-0.3, -0.25) is 9.38 Å². The van der Waals surface area contributed by atoms with Crippen molar-refractivity contribution in [3.8, 4) is 22.5 Å². The van der Waals surface area contributed by atoms with Gasteiger partial charge in [0.2, 0.25) is 0 Å². The summed E-state index contributed by atoms with van der Waals surface area (Å²) in [6.07, 6.45) is 5.65. The number of imidazole rings is 1. The molecule has 4 aromatic heterocycles. The Labute approximate surface area is 243 Å². The molecular weight excluding hydrogens is 659 g/mol. The van der Waals surface area contributed by atoms with Crippen LogP contribution in [0.2, 0.25) is 0 Å². The van der Waals surface area contributed by atoms with Gasteiger partial charge in [0.05, 0.1) is 12.0 Å². The summed E-state index contributed by atoms with van der Waals surface area (Å²) in [5.41, 5.74) is 14.1. The molecule has 0 aliphatic carbocycles. The van der Waals surface area contributed by atoms with Crippen LogP contribution in [-0.4, -0.2) is 24.3 Å². The molecule has 0 fully saturated rings. The minimum Gasteiger partial charge on any atom is -0.304 e. The molecule has 4 heterocycles. The zero-order valence-corrected chi connectivity index (χ0v) is 25.7. The molecule has 0 N–H and O–H groups in total. The molecule has 0 saturated heterocycles. The summed E-state index contributed by atoms with van der Waals surface area (Å²) in [5.74, 6) is 0. The van der Waals surface area contributed by atoms with Gasteiger partial charge in [-0.2, -0.15) is 0 Å². The van der Waals surface area contributed by atoms with E-state index in [0.29, 0.717) is 0 Å². The second-order valence-corrected chi connectivity index (χ2v) is 9.95. The minimum atomic E-state index is 0. The van der Waals surface area contributed by atoms with Gasteiger partial charge in [-0.25, -0.2) is 4.98 Å². The Kier molecular flexibility index (Phi) is 8.39. The first-order valence-corrected chi connectivity index (χ1v) is 12.7. The zero-order valence-electron chi connectivity index (χ0n) is 23.3. The number of aromatic nitrogens is 5. The van der Waals surface area contributed by atoms with E-state index in [4.69, 9.17) is 4.98 Å². The molecule has 1 radical (unpaired) electrons. The van der Waals surface area contributed by atoms with Gasteiger partial charge in [-0.05, 0) is 75.0 Å². The number of fused-ring (bicyclic) bond motifs is 3. The maximum atomic E-state index is 4.70. The SMILES string of the molecule is Cc1c[c-]c(-c2cc(C)c(C)cn2)cc1.Cc1cnc(-c2[c-]cc3ncn4c(C)c(C)nc4c3c2)cc1C.[Ir]. The van der Waals surface area contributed by atoms with Gasteiger partial charge < -0.3 is 9.97 Å². The predicted molar refractivity (Wildman–Crippen MR) is 154 cm³/mol. The molecule has 6 rings (SSSR count). The summed E-state index contributed by atoms with van der Waals surface area (Å²) < 4.78 is 2.04. The molecule has 0 aliphatic heterocycles. The van der Waals surface area contributed by atoms with Crippen LogP contribution in [0, 0.1) is 60.6 Å². The van der Waals surface area contributed by atoms with Crippen molar-refractivity contribution >= 4 is 16.6 Å². The molecule has 199 valence electrons. The van der Waals surface area contributed by atoms with E-state index in [9.17, 15) is 0 Å². The van der Waals surface area contributed by atoms with Crippen LogP contribution >= 0.6 is 0 Å². The fraction of sp³-hybridized carbons (Fsp3) is 0.212. The third kappa shape index (κ3) is 5.83. The molecule has 0 saturated carbocycles. The van der Waals surface area contributed by atoms with Crippen molar-refractivity contribution in [2.75, 3.05) is 0 Å².